The zero-order chi connectivity index (χ0) is 19.7. The number of carbonyl (C=O) groups is 1. The Balaban J connectivity index is 2.37. The van der Waals surface area contributed by atoms with Crippen molar-refractivity contribution in [1.82, 2.24) is 5.32 Å². The molecule has 0 heterocycles. The van der Waals surface area contributed by atoms with Gasteiger partial charge in [0.2, 0.25) is 0 Å². The van der Waals surface area contributed by atoms with Crippen LogP contribution in [0.4, 0.5) is 13.2 Å². The smallest absolute Gasteiger partial charge is 0.471 e. The third-order valence-corrected chi connectivity index (χ3v) is 5.26. The maximum Gasteiger partial charge on any atom is 0.471 e. The SMILES string of the molecule is COP([O-])OP([O-])OP([O-])OCc1ccc(CNC(=O)C(F)(F)F)cc1. The molecule has 0 radical (unpaired) electrons. The molecular weight excluding hydrogens is 424 g/mol. The van der Waals surface area contributed by atoms with Crippen LogP contribution >= 0.6 is 25.8 Å². The van der Waals surface area contributed by atoms with E-state index in [1.807, 2.05) is 0 Å². The molecule has 3 atom stereocenters. The van der Waals surface area contributed by atoms with Crippen LogP contribution in [-0.2, 0) is 35.6 Å². The lowest BCUT2D eigenvalue weighted by Crippen LogP contribution is -2.36. The summed E-state index contributed by atoms with van der Waals surface area (Å²) >= 11 is 0. The maximum absolute atomic E-state index is 12.1. The van der Waals surface area contributed by atoms with Gasteiger partial charge in [0.25, 0.3) is 0 Å². The highest BCUT2D eigenvalue weighted by Crippen LogP contribution is 2.51. The third-order valence-electron chi connectivity index (χ3n) is 2.49. The lowest BCUT2D eigenvalue weighted by Gasteiger charge is -2.33. The summed E-state index contributed by atoms with van der Waals surface area (Å²) in [6, 6.07) is 5.76. The number of amides is 1. The maximum atomic E-state index is 12.1. The van der Waals surface area contributed by atoms with Crippen LogP contribution in [0.25, 0.3) is 0 Å². The van der Waals surface area contributed by atoms with Crippen molar-refractivity contribution >= 4 is 31.7 Å². The molecule has 15 heteroatoms. The lowest BCUT2D eigenvalue weighted by atomic mass is 10.1. The number of halogens is 3. The predicted molar refractivity (Wildman–Crippen MR) is 79.1 cm³/mol. The quantitative estimate of drug-likeness (QED) is 0.533. The highest BCUT2D eigenvalue weighted by molar-refractivity contribution is 7.58. The largest absolute Gasteiger partial charge is 0.786 e. The summed E-state index contributed by atoms with van der Waals surface area (Å²) in [5.74, 6) is -2.05. The molecule has 3 unspecified atom stereocenters. The number of carbonyl (C=O) groups excluding carboxylic acids is 1. The van der Waals surface area contributed by atoms with Gasteiger partial charge in [0.05, 0.1) is 32.4 Å². The Kier molecular flexibility index (Phi) is 10.3. The fraction of sp³-hybridized carbons (Fsp3) is 0.364. The highest BCUT2D eigenvalue weighted by atomic mass is 31.3. The van der Waals surface area contributed by atoms with E-state index in [-0.39, 0.29) is 13.2 Å². The molecule has 1 amide bonds. The average molecular weight is 436 g/mol. The molecule has 9 nitrogen and oxygen atoms in total. The molecule has 0 bridgehead atoms. The molecule has 26 heavy (non-hydrogen) atoms. The van der Waals surface area contributed by atoms with E-state index < -0.39 is 37.9 Å². The average Bonchev–Trinajstić information content (AvgIpc) is 2.57. The van der Waals surface area contributed by atoms with Gasteiger partial charge in [-0.15, -0.1) is 0 Å². The van der Waals surface area contributed by atoms with Crippen molar-refractivity contribution in [3.63, 3.8) is 0 Å². The second-order valence-electron chi connectivity index (χ2n) is 4.29. The van der Waals surface area contributed by atoms with Crippen LogP contribution in [0.15, 0.2) is 24.3 Å². The van der Waals surface area contributed by atoms with Crippen LogP contribution < -0.4 is 20.0 Å². The summed E-state index contributed by atoms with van der Waals surface area (Å²) in [6.07, 6.45) is -4.96. The van der Waals surface area contributed by atoms with E-state index in [0.717, 1.165) is 7.11 Å². The molecule has 0 fully saturated rings. The number of hydrogen-bond acceptors (Lipinski definition) is 8. The molecule has 0 aromatic heterocycles. The minimum absolute atomic E-state index is 0.232. The summed E-state index contributed by atoms with van der Waals surface area (Å²) < 4.78 is 53.6. The summed E-state index contributed by atoms with van der Waals surface area (Å²) in [4.78, 5) is 44.0. The number of nitrogens with one attached hydrogen (secondary N) is 1. The summed E-state index contributed by atoms with van der Waals surface area (Å²) in [7, 11) is -7.44. The molecule has 148 valence electrons. The van der Waals surface area contributed by atoms with Gasteiger partial charge >= 0.3 is 12.1 Å². The van der Waals surface area contributed by atoms with Crippen molar-refractivity contribution in [2.75, 3.05) is 7.11 Å². The van der Waals surface area contributed by atoms with Gasteiger partial charge in [0, 0.05) is 13.7 Å². The van der Waals surface area contributed by atoms with Gasteiger partial charge in [-0.3, -0.25) is 4.79 Å². The molecular formula is C11H12F3NO8P3-3. The summed E-state index contributed by atoms with van der Waals surface area (Å²) in [5.41, 5.74) is 0.869. The zero-order valence-electron chi connectivity index (χ0n) is 13.0. The number of rotatable bonds is 10. The summed E-state index contributed by atoms with van der Waals surface area (Å²) in [6.45, 7) is -0.559. The van der Waals surface area contributed by atoms with Crippen LogP contribution in [0, 0.1) is 0 Å². The van der Waals surface area contributed by atoms with Crippen LogP contribution in [0.1, 0.15) is 11.1 Å². The van der Waals surface area contributed by atoms with Crippen molar-refractivity contribution < 1.29 is 50.3 Å². The Labute approximate surface area is 150 Å². The Morgan fingerprint density at radius 1 is 1.04 bits per heavy atom. The topological polar surface area (TPSA) is 135 Å². The Bertz CT molecular complexity index is 565. The van der Waals surface area contributed by atoms with E-state index in [1.165, 1.54) is 24.3 Å². The fourth-order valence-electron chi connectivity index (χ4n) is 1.34. The van der Waals surface area contributed by atoms with Crippen molar-refractivity contribution in [2.24, 2.45) is 0 Å². The van der Waals surface area contributed by atoms with Gasteiger partial charge in [-0.1, -0.05) is 24.3 Å². The minimum atomic E-state index is -4.96. The van der Waals surface area contributed by atoms with Crippen molar-refractivity contribution in [3.8, 4) is 0 Å². The second kappa shape index (κ2) is 11.4. The van der Waals surface area contributed by atoms with Gasteiger partial charge in [-0.25, -0.2) is 0 Å². The molecule has 1 N–H and O–H groups in total. The second-order valence-corrected chi connectivity index (χ2v) is 7.56. The van der Waals surface area contributed by atoms with Crippen LogP contribution in [0.3, 0.4) is 0 Å². The van der Waals surface area contributed by atoms with E-state index in [2.05, 4.69) is 13.1 Å². The zero-order valence-corrected chi connectivity index (χ0v) is 15.6. The molecule has 0 aliphatic heterocycles. The fourth-order valence-corrected chi connectivity index (χ4v) is 3.31. The standard InChI is InChI=1S/C11H12F3NO8P3/c1-20-24(17)22-26(19)23-25(18)21-7-9-4-2-8(3-5-9)6-15-10(16)11(12,13)14/h2-5H,6-7H2,1H3,(H,15,16)/q-3. The molecule has 1 aromatic carbocycles. The van der Waals surface area contributed by atoms with Gasteiger partial charge in [0.15, 0.2) is 0 Å². The van der Waals surface area contributed by atoms with E-state index in [9.17, 15) is 32.6 Å². The van der Waals surface area contributed by atoms with Crippen molar-refractivity contribution in [2.45, 2.75) is 19.3 Å². The van der Waals surface area contributed by atoms with E-state index in [0.29, 0.717) is 11.1 Å². The number of alkyl halides is 3. The summed E-state index contributed by atoms with van der Waals surface area (Å²) in [5, 5.41) is 1.71. The monoisotopic (exact) mass is 436 g/mol. The number of hydrogen-bond donors (Lipinski definition) is 1. The molecule has 1 rings (SSSR count). The first kappa shape index (κ1) is 23.5. The molecule has 0 aliphatic rings. The first-order chi connectivity index (χ1) is 12.1. The van der Waals surface area contributed by atoms with Crippen LogP contribution in [-0.4, -0.2) is 19.2 Å². The van der Waals surface area contributed by atoms with Crippen LogP contribution in [0.5, 0.6) is 0 Å². The van der Waals surface area contributed by atoms with Gasteiger partial charge in [0.1, 0.15) is 0 Å². The Morgan fingerprint density at radius 3 is 2.12 bits per heavy atom. The molecule has 0 saturated heterocycles. The normalized spacial score (nSPS) is 15.3. The van der Waals surface area contributed by atoms with Gasteiger partial charge in [-0.05, 0) is 11.1 Å². The first-order valence-corrected chi connectivity index (χ1v) is 9.78. The van der Waals surface area contributed by atoms with Gasteiger partial charge < -0.3 is 37.7 Å². The number of benzene rings is 1. The van der Waals surface area contributed by atoms with Crippen LogP contribution in [0.2, 0.25) is 0 Å². The lowest BCUT2D eigenvalue weighted by molar-refractivity contribution is -0.225. The predicted octanol–water partition coefficient (Wildman–Crippen LogP) is 0.823. The minimum Gasteiger partial charge on any atom is -0.786 e. The Morgan fingerprint density at radius 2 is 1.58 bits per heavy atom. The van der Waals surface area contributed by atoms with Crippen molar-refractivity contribution in [1.29, 1.82) is 0 Å². The first-order valence-electron chi connectivity index (χ1n) is 6.49. The highest BCUT2D eigenvalue weighted by Gasteiger charge is 2.38. The van der Waals surface area contributed by atoms with Gasteiger partial charge in [-0.2, -0.15) is 13.2 Å². The molecule has 0 aliphatic carbocycles. The molecule has 0 saturated carbocycles. The molecule has 1 aromatic rings. The van der Waals surface area contributed by atoms with E-state index in [1.54, 1.807) is 5.32 Å². The van der Waals surface area contributed by atoms with E-state index >= 15 is 0 Å². The van der Waals surface area contributed by atoms with E-state index in [4.69, 9.17) is 4.52 Å². The molecule has 0 spiro atoms. The van der Waals surface area contributed by atoms with Crippen molar-refractivity contribution in [3.05, 3.63) is 35.4 Å². The Hall–Kier alpha value is -0.510. The third kappa shape index (κ3) is 9.43.